The molecule has 0 aliphatic heterocycles. The number of halogens is 1. The minimum atomic E-state index is -0.259. The minimum absolute atomic E-state index is 0.0138. The third-order valence-corrected chi connectivity index (χ3v) is 5.23. The van der Waals surface area contributed by atoms with Crippen LogP contribution in [0.2, 0.25) is 0 Å². The topological polar surface area (TPSA) is 112 Å². The van der Waals surface area contributed by atoms with Gasteiger partial charge in [-0.25, -0.2) is 5.43 Å². The van der Waals surface area contributed by atoms with Gasteiger partial charge in [-0.1, -0.05) is 23.1 Å². The van der Waals surface area contributed by atoms with Crippen LogP contribution in [0.5, 0.6) is 11.5 Å². The molecule has 140 valence electrons. The van der Waals surface area contributed by atoms with Crippen LogP contribution in [-0.2, 0) is 4.79 Å². The number of nitrogens with two attached hydrogens (primary N) is 1. The molecule has 1 aromatic heterocycles. The highest BCUT2D eigenvalue weighted by molar-refractivity contribution is 9.10. The molecule has 3 N–H and O–H groups in total. The zero-order chi connectivity index (χ0) is 19.1. The Kier molecular flexibility index (Phi) is 7.66. The van der Waals surface area contributed by atoms with Gasteiger partial charge in [0.2, 0.25) is 5.13 Å². The molecule has 26 heavy (non-hydrogen) atoms. The number of aromatic nitrogens is 2. The number of nitrogen functional groups attached to an aromatic ring is 1. The number of methoxy groups -OCH3 is 1. The highest BCUT2D eigenvalue weighted by Crippen LogP contribution is 2.36. The molecule has 1 aromatic carbocycles. The average molecular weight is 460 g/mol. The monoisotopic (exact) mass is 459 g/mol. The van der Waals surface area contributed by atoms with Crippen LogP contribution in [-0.4, -0.2) is 41.3 Å². The van der Waals surface area contributed by atoms with E-state index in [9.17, 15) is 4.79 Å². The van der Waals surface area contributed by atoms with Crippen LogP contribution in [0.25, 0.3) is 0 Å². The van der Waals surface area contributed by atoms with Crippen LogP contribution in [0.3, 0.4) is 0 Å². The lowest BCUT2D eigenvalue weighted by Gasteiger charge is -2.15. The molecule has 0 bridgehead atoms. The molecule has 1 amide bonds. The van der Waals surface area contributed by atoms with Crippen molar-refractivity contribution in [2.75, 3.05) is 18.6 Å². The summed E-state index contributed by atoms with van der Waals surface area (Å²) >= 11 is 5.94. The number of carbonyl (C=O) groups excluding carboxylic acids is 1. The molecule has 0 saturated heterocycles. The van der Waals surface area contributed by atoms with E-state index in [1.807, 2.05) is 19.9 Å². The average Bonchev–Trinajstić information content (AvgIpc) is 3.00. The molecule has 0 unspecified atom stereocenters. The Morgan fingerprint density at radius 1 is 1.50 bits per heavy atom. The highest BCUT2D eigenvalue weighted by Gasteiger charge is 2.12. The predicted octanol–water partition coefficient (Wildman–Crippen LogP) is 2.92. The number of hydrogen-bond donors (Lipinski definition) is 2. The molecule has 0 radical (unpaired) electrons. The van der Waals surface area contributed by atoms with Crippen molar-refractivity contribution in [3.8, 4) is 11.5 Å². The molecular weight excluding hydrogens is 442 g/mol. The zero-order valence-corrected chi connectivity index (χ0v) is 17.6. The van der Waals surface area contributed by atoms with Crippen LogP contribution in [0.4, 0.5) is 5.13 Å². The lowest BCUT2D eigenvalue weighted by Crippen LogP contribution is -2.19. The molecule has 8 nitrogen and oxygen atoms in total. The summed E-state index contributed by atoms with van der Waals surface area (Å²) in [5.41, 5.74) is 8.69. The minimum Gasteiger partial charge on any atom is -0.493 e. The maximum atomic E-state index is 11.8. The molecule has 0 atom stereocenters. The van der Waals surface area contributed by atoms with Gasteiger partial charge in [0.1, 0.15) is 0 Å². The van der Waals surface area contributed by atoms with Gasteiger partial charge in [0.15, 0.2) is 15.8 Å². The quantitative estimate of drug-likeness (QED) is 0.354. The molecule has 0 aliphatic carbocycles. The molecule has 2 rings (SSSR count). The van der Waals surface area contributed by atoms with E-state index in [4.69, 9.17) is 15.2 Å². The number of benzene rings is 1. The Labute approximate surface area is 167 Å². The zero-order valence-electron chi connectivity index (χ0n) is 14.4. The van der Waals surface area contributed by atoms with E-state index in [1.165, 1.54) is 29.3 Å². The largest absolute Gasteiger partial charge is 0.493 e. The van der Waals surface area contributed by atoms with Crippen molar-refractivity contribution in [3.05, 3.63) is 22.2 Å². The number of nitrogens with zero attached hydrogens (tertiary/aromatic N) is 3. The van der Waals surface area contributed by atoms with E-state index in [2.05, 4.69) is 36.7 Å². The summed E-state index contributed by atoms with van der Waals surface area (Å²) < 4.78 is 12.5. The molecule has 11 heteroatoms. The fourth-order valence-corrected chi connectivity index (χ4v) is 3.76. The Morgan fingerprint density at radius 2 is 2.27 bits per heavy atom. The number of thioether (sulfide) groups is 1. The standard InChI is InChI=1S/C15H18BrN5O3S2/c1-8(2)24-13-10(16)4-9(5-11(13)23-3)6-18-19-12(22)7-25-15-21-20-14(17)26-15/h4-6,8H,7H2,1-3H3,(H2,17,20)(H,19,22). The maximum absolute atomic E-state index is 11.8. The van der Waals surface area contributed by atoms with E-state index < -0.39 is 0 Å². The molecule has 0 fully saturated rings. The molecule has 0 aliphatic rings. The first-order chi connectivity index (χ1) is 12.4. The fourth-order valence-electron chi connectivity index (χ4n) is 1.78. The second-order valence-corrected chi connectivity index (χ2v) is 8.27. The number of anilines is 1. The summed E-state index contributed by atoms with van der Waals surface area (Å²) in [6.45, 7) is 3.87. The maximum Gasteiger partial charge on any atom is 0.250 e. The summed E-state index contributed by atoms with van der Waals surface area (Å²) in [6, 6.07) is 3.60. The first-order valence-electron chi connectivity index (χ1n) is 7.47. The van der Waals surface area contributed by atoms with Crippen molar-refractivity contribution in [3.63, 3.8) is 0 Å². The third kappa shape index (κ3) is 6.15. The van der Waals surface area contributed by atoms with Gasteiger partial charge in [-0.2, -0.15) is 5.10 Å². The van der Waals surface area contributed by atoms with Gasteiger partial charge >= 0.3 is 0 Å². The lowest BCUT2D eigenvalue weighted by molar-refractivity contribution is -0.118. The summed E-state index contributed by atoms with van der Waals surface area (Å²) in [7, 11) is 1.56. The van der Waals surface area contributed by atoms with Crippen molar-refractivity contribution < 1.29 is 14.3 Å². The van der Waals surface area contributed by atoms with Crippen LogP contribution < -0.4 is 20.6 Å². The molecule has 1 heterocycles. The lowest BCUT2D eigenvalue weighted by atomic mass is 10.2. The summed E-state index contributed by atoms with van der Waals surface area (Å²) in [6.07, 6.45) is 1.54. The first kappa shape index (κ1) is 20.5. The first-order valence-corrected chi connectivity index (χ1v) is 10.1. The second-order valence-electron chi connectivity index (χ2n) is 5.19. The number of hydrazone groups is 1. The summed E-state index contributed by atoms with van der Waals surface area (Å²) in [5.74, 6) is 1.10. The fraction of sp³-hybridized carbons (Fsp3) is 0.333. The van der Waals surface area contributed by atoms with Gasteiger partial charge in [-0.15, -0.1) is 10.2 Å². The number of ether oxygens (including phenoxy) is 2. The smallest absolute Gasteiger partial charge is 0.250 e. The van der Waals surface area contributed by atoms with Crippen molar-refractivity contribution in [2.45, 2.75) is 24.3 Å². The van der Waals surface area contributed by atoms with Crippen molar-refractivity contribution in [2.24, 2.45) is 5.10 Å². The van der Waals surface area contributed by atoms with E-state index in [0.29, 0.717) is 21.0 Å². The Morgan fingerprint density at radius 3 is 2.88 bits per heavy atom. The van der Waals surface area contributed by atoms with Gasteiger partial charge in [0.05, 0.1) is 29.7 Å². The third-order valence-electron chi connectivity index (χ3n) is 2.76. The van der Waals surface area contributed by atoms with Crippen LogP contribution in [0, 0.1) is 0 Å². The summed E-state index contributed by atoms with van der Waals surface area (Å²) in [4.78, 5) is 11.8. The van der Waals surface area contributed by atoms with Crippen molar-refractivity contribution in [1.29, 1.82) is 0 Å². The van der Waals surface area contributed by atoms with Gasteiger partial charge in [-0.3, -0.25) is 4.79 Å². The SMILES string of the molecule is COc1cc(C=NNC(=O)CSc2nnc(N)s2)cc(Br)c1OC(C)C. The normalized spacial score (nSPS) is 11.1. The van der Waals surface area contributed by atoms with E-state index >= 15 is 0 Å². The molecular formula is C15H18BrN5O3S2. The van der Waals surface area contributed by atoms with Crippen LogP contribution in [0.1, 0.15) is 19.4 Å². The molecule has 2 aromatic rings. The number of rotatable bonds is 8. The number of amides is 1. The Hall–Kier alpha value is -1.85. The van der Waals surface area contributed by atoms with Gasteiger partial charge in [-0.05, 0) is 47.5 Å². The second kappa shape index (κ2) is 9.74. The Balaban J connectivity index is 1.94. The predicted molar refractivity (Wildman–Crippen MR) is 107 cm³/mol. The number of carbonyl (C=O) groups is 1. The van der Waals surface area contributed by atoms with Crippen LogP contribution >= 0.6 is 39.0 Å². The summed E-state index contributed by atoms with van der Waals surface area (Å²) in [5, 5.41) is 11.8. The van der Waals surface area contributed by atoms with E-state index in [1.54, 1.807) is 13.2 Å². The van der Waals surface area contributed by atoms with Gasteiger partial charge in [0.25, 0.3) is 5.91 Å². The van der Waals surface area contributed by atoms with E-state index in [0.717, 1.165) is 10.0 Å². The molecule has 0 spiro atoms. The number of hydrogen-bond acceptors (Lipinski definition) is 9. The van der Waals surface area contributed by atoms with Gasteiger partial charge in [0, 0.05) is 0 Å². The van der Waals surface area contributed by atoms with E-state index in [-0.39, 0.29) is 17.8 Å². The van der Waals surface area contributed by atoms with Crippen LogP contribution in [0.15, 0.2) is 26.0 Å². The van der Waals surface area contributed by atoms with Crippen molar-refractivity contribution >= 4 is 56.3 Å². The highest BCUT2D eigenvalue weighted by atomic mass is 79.9. The van der Waals surface area contributed by atoms with Crippen molar-refractivity contribution in [1.82, 2.24) is 15.6 Å². The molecule has 0 saturated carbocycles. The number of nitrogens with one attached hydrogen (secondary N) is 1. The Bertz CT molecular complexity index is 798. The van der Waals surface area contributed by atoms with Gasteiger partial charge < -0.3 is 15.2 Å².